The summed E-state index contributed by atoms with van der Waals surface area (Å²) in [4.78, 5) is 17.1. The van der Waals surface area contributed by atoms with Gasteiger partial charge in [0.15, 0.2) is 0 Å². The SMILES string of the molecule is C[C@H]1CN(Cc2ccc(CC(=O)N3CCC(Nc4ccc(C(F)(F)F)cc4)CC3)cc2)CCN1. The number of alkyl halides is 3. The lowest BCUT2D eigenvalue weighted by molar-refractivity contribution is -0.137. The van der Waals surface area contributed by atoms with Crippen molar-refractivity contribution in [2.75, 3.05) is 38.0 Å². The summed E-state index contributed by atoms with van der Waals surface area (Å²) in [6.07, 6.45) is -2.39. The number of halogens is 3. The van der Waals surface area contributed by atoms with Gasteiger partial charge in [0.1, 0.15) is 0 Å². The van der Waals surface area contributed by atoms with Crippen molar-refractivity contribution in [2.45, 2.75) is 51.0 Å². The summed E-state index contributed by atoms with van der Waals surface area (Å²) >= 11 is 0. The van der Waals surface area contributed by atoms with Gasteiger partial charge in [-0.2, -0.15) is 13.2 Å². The monoisotopic (exact) mass is 474 g/mol. The average Bonchev–Trinajstić information content (AvgIpc) is 2.81. The molecule has 0 spiro atoms. The number of piperidine rings is 1. The van der Waals surface area contributed by atoms with E-state index in [4.69, 9.17) is 0 Å². The van der Waals surface area contributed by atoms with Gasteiger partial charge in [0.25, 0.3) is 0 Å². The van der Waals surface area contributed by atoms with Crippen LogP contribution in [0.5, 0.6) is 0 Å². The van der Waals surface area contributed by atoms with E-state index in [2.05, 4.69) is 46.7 Å². The minimum atomic E-state index is -4.33. The fourth-order valence-corrected chi connectivity index (χ4v) is 4.73. The lowest BCUT2D eigenvalue weighted by Gasteiger charge is -2.33. The van der Waals surface area contributed by atoms with Crippen molar-refractivity contribution in [1.82, 2.24) is 15.1 Å². The molecule has 2 fully saturated rings. The average molecular weight is 475 g/mol. The minimum Gasteiger partial charge on any atom is -0.382 e. The Morgan fingerprint density at radius 1 is 1.00 bits per heavy atom. The highest BCUT2D eigenvalue weighted by Crippen LogP contribution is 2.30. The predicted molar refractivity (Wildman–Crippen MR) is 128 cm³/mol. The molecule has 1 amide bonds. The van der Waals surface area contributed by atoms with Crippen LogP contribution in [0.15, 0.2) is 48.5 Å². The standard InChI is InChI=1S/C26H33F3N4O/c1-19-17-32(15-12-30-19)18-21-4-2-20(3-5-21)16-25(34)33-13-10-24(11-14-33)31-23-8-6-22(7-9-23)26(27,28)29/h2-9,19,24,30-31H,10-18H2,1H3/t19-/m0/s1. The largest absolute Gasteiger partial charge is 0.416 e. The molecule has 184 valence electrons. The lowest BCUT2D eigenvalue weighted by Crippen LogP contribution is -2.48. The van der Waals surface area contributed by atoms with E-state index < -0.39 is 11.7 Å². The Balaban J connectivity index is 1.21. The van der Waals surface area contributed by atoms with Crippen molar-refractivity contribution in [3.8, 4) is 0 Å². The lowest BCUT2D eigenvalue weighted by atomic mass is 10.0. The van der Waals surface area contributed by atoms with E-state index in [0.717, 1.165) is 56.7 Å². The summed E-state index contributed by atoms with van der Waals surface area (Å²) in [7, 11) is 0. The van der Waals surface area contributed by atoms with Crippen LogP contribution in [0.2, 0.25) is 0 Å². The molecule has 2 aromatic rings. The number of hydrogen-bond donors (Lipinski definition) is 2. The van der Waals surface area contributed by atoms with Gasteiger partial charge in [0, 0.05) is 57.0 Å². The van der Waals surface area contributed by atoms with E-state index in [1.165, 1.54) is 17.7 Å². The third-order valence-electron chi connectivity index (χ3n) is 6.67. The van der Waals surface area contributed by atoms with Crippen molar-refractivity contribution < 1.29 is 18.0 Å². The number of amides is 1. The van der Waals surface area contributed by atoms with E-state index in [9.17, 15) is 18.0 Å². The topological polar surface area (TPSA) is 47.6 Å². The van der Waals surface area contributed by atoms with Gasteiger partial charge < -0.3 is 15.5 Å². The van der Waals surface area contributed by atoms with Crippen molar-refractivity contribution in [3.05, 3.63) is 65.2 Å². The van der Waals surface area contributed by atoms with Crippen molar-refractivity contribution in [3.63, 3.8) is 0 Å². The molecule has 0 aromatic heterocycles. The first-order valence-corrected chi connectivity index (χ1v) is 12.0. The zero-order chi connectivity index (χ0) is 24.1. The van der Waals surface area contributed by atoms with Gasteiger partial charge in [-0.3, -0.25) is 9.69 Å². The van der Waals surface area contributed by atoms with Crippen LogP contribution < -0.4 is 10.6 Å². The third kappa shape index (κ3) is 6.73. The van der Waals surface area contributed by atoms with Crippen LogP contribution in [0.25, 0.3) is 0 Å². The molecule has 0 radical (unpaired) electrons. The number of hydrogen-bond acceptors (Lipinski definition) is 4. The van der Waals surface area contributed by atoms with Gasteiger partial charge in [0.05, 0.1) is 12.0 Å². The molecule has 5 nitrogen and oxygen atoms in total. The second kappa shape index (κ2) is 10.8. The molecule has 8 heteroatoms. The molecule has 1 atom stereocenters. The van der Waals surface area contributed by atoms with Gasteiger partial charge in [-0.25, -0.2) is 0 Å². The van der Waals surface area contributed by atoms with Crippen LogP contribution in [0.4, 0.5) is 18.9 Å². The molecule has 2 N–H and O–H groups in total. The van der Waals surface area contributed by atoms with Crippen LogP contribution >= 0.6 is 0 Å². The number of nitrogens with one attached hydrogen (secondary N) is 2. The highest BCUT2D eigenvalue weighted by atomic mass is 19.4. The van der Waals surface area contributed by atoms with Crippen molar-refractivity contribution >= 4 is 11.6 Å². The first-order chi connectivity index (χ1) is 16.3. The predicted octanol–water partition coefficient (Wildman–Crippen LogP) is 4.14. The maximum atomic E-state index is 12.8. The molecular formula is C26H33F3N4O. The highest BCUT2D eigenvalue weighted by molar-refractivity contribution is 5.78. The zero-order valence-electron chi connectivity index (χ0n) is 19.6. The smallest absolute Gasteiger partial charge is 0.382 e. The zero-order valence-corrected chi connectivity index (χ0v) is 19.6. The van der Waals surface area contributed by atoms with Crippen molar-refractivity contribution in [2.24, 2.45) is 0 Å². The summed E-state index contributed by atoms with van der Waals surface area (Å²) in [5, 5.41) is 6.75. The summed E-state index contributed by atoms with van der Waals surface area (Å²) in [5.74, 6) is 0.122. The first-order valence-electron chi connectivity index (χ1n) is 12.0. The van der Waals surface area contributed by atoms with Gasteiger partial charge in [-0.15, -0.1) is 0 Å². The van der Waals surface area contributed by atoms with Crippen LogP contribution in [0.3, 0.4) is 0 Å². The number of likely N-dealkylation sites (tertiary alicyclic amines) is 1. The second-order valence-electron chi connectivity index (χ2n) is 9.46. The van der Waals surface area contributed by atoms with Crippen molar-refractivity contribution in [1.29, 1.82) is 0 Å². The maximum absolute atomic E-state index is 12.8. The summed E-state index contributed by atoms with van der Waals surface area (Å²) in [6, 6.07) is 14.1. The van der Waals surface area contributed by atoms with Crippen LogP contribution in [0.1, 0.15) is 36.5 Å². The Hall–Kier alpha value is -2.58. The molecule has 4 rings (SSSR count). The van der Waals surface area contributed by atoms with E-state index in [-0.39, 0.29) is 11.9 Å². The van der Waals surface area contributed by atoms with Crippen LogP contribution in [-0.2, 0) is 23.9 Å². The number of piperazine rings is 1. The number of rotatable bonds is 6. The Kier molecular flexibility index (Phi) is 7.78. The molecule has 0 bridgehead atoms. The Morgan fingerprint density at radius 3 is 2.26 bits per heavy atom. The Labute approximate surface area is 199 Å². The number of carbonyl (C=O) groups is 1. The van der Waals surface area contributed by atoms with Crippen LogP contribution in [0, 0.1) is 0 Å². The highest BCUT2D eigenvalue weighted by Gasteiger charge is 2.30. The molecule has 0 aliphatic carbocycles. The summed E-state index contributed by atoms with van der Waals surface area (Å²) in [5.41, 5.74) is 2.31. The molecule has 34 heavy (non-hydrogen) atoms. The van der Waals surface area contributed by atoms with E-state index >= 15 is 0 Å². The molecule has 2 aliphatic heterocycles. The fraction of sp³-hybridized carbons (Fsp3) is 0.500. The Morgan fingerprint density at radius 2 is 1.65 bits per heavy atom. The summed E-state index contributed by atoms with van der Waals surface area (Å²) in [6.45, 7) is 7.55. The summed E-state index contributed by atoms with van der Waals surface area (Å²) < 4.78 is 38.2. The number of nitrogens with zero attached hydrogens (tertiary/aromatic N) is 2. The third-order valence-corrected chi connectivity index (χ3v) is 6.67. The maximum Gasteiger partial charge on any atom is 0.416 e. The Bertz CT molecular complexity index is 938. The molecule has 0 saturated carbocycles. The molecule has 2 saturated heterocycles. The second-order valence-corrected chi connectivity index (χ2v) is 9.46. The van der Waals surface area contributed by atoms with E-state index in [1.807, 2.05) is 4.90 Å². The molecule has 2 aliphatic rings. The number of benzene rings is 2. The van der Waals surface area contributed by atoms with Gasteiger partial charge in [0.2, 0.25) is 5.91 Å². The first kappa shape index (κ1) is 24.5. The fourth-order valence-electron chi connectivity index (χ4n) is 4.73. The minimum absolute atomic E-state index is 0.122. The molecule has 2 heterocycles. The number of anilines is 1. The molecule has 2 aromatic carbocycles. The quantitative estimate of drug-likeness (QED) is 0.661. The molecular weight excluding hydrogens is 441 g/mol. The van der Waals surface area contributed by atoms with Gasteiger partial charge >= 0.3 is 6.18 Å². The molecule has 0 unspecified atom stereocenters. The van der Waals surface area contributed by atoms with E-state index in [1.54, 1.807) is 0 Å². The van der Waals surface area contributed by atoms with Gasteiger partial charge in [-0.1, -0.05) is 24.3 Å². The number of carbonyl (C=O) groups excluding carboxylic acids is 1. The van der Waals surface area contributed by atoms with Gasteiger partial charge in [-0.05, 0) is 55.2 Å². The van der Waals surface area contributed by atoms with E-state index in [0.29, 0.717) is 31.2 Å². The normalized spacial score (nSPS) is 20.4. The van der Waals surface area contributed by atoms with Crippen LogP contribution in [-0.4, -0.2) is 60.5 Å².